The number of carbonyl (C=O) groups excluding carboxylic acids is 2. The van der Waals surface area contributed by atoms with E-state index in [1.165, 1.54) is 0 Å². The number of fused-ring (bicyclic) bond motifs is 5. The van der Waals surface area contributed by atoms with E-state index >= 15 is 0 Å². The third-order valence-electron chi connectivity index (χ3n) is 7.90. The van der Waals surface area contributed by atoms with Crippen LogP contribution in [0, 0.1) is 5.92 Å². The summed E-state index contributed by atoms with van der Waals surface area (Å²) in [5, 5.41) is 4.03. The van der Waals surface area contributed by atoms with Crippen molar-refractivity contribution in [2.24, 2.45) is 5.92 Å². The largest absolute Gasteiger partial charge is 0.360 e. The van der Waals surface area contributed by atoms with Crippen molar-refractivity contribution in [1.82, 2.24) is 9.88 Å². The molecule has 1 aromatic heterocycles. The molecular weight excluding hydrogens is 522 g/mol. The van der Waals surface area contributed by atoms with Crippen LogP contribution in [0.3, 0.4) is 0 Å². The van der Waals surface area contributed by atoms with Gasteiger partial charge in [-0.25, -0.2) is 0 Å². The number of aromatic amines is 1. The number of nitrogens with one attached hydrogen (secondary N) is 2. The summed E-state index contributed by atoms with van der Waals surface area (Å²) in [7, 11) is 0. The number of hydrogen-bond donors (Lipinski definition) is 2. The lowest BCUT2D eigenvalue weighted by Crippen LogP contribution is -2.52. The zero-order valence-corrected chi connectivity index (χ0v) is 21.1. The molecule has 3 aromatic carbocycles. The summed E-state index contributed by atoms with van der Waals surface area (Å²) in [6.07, 6.45) is 1.82. The highest BCUT2D eigenvalue weighted by molar-refractivity contribution is 9.10. The second-order valence-electron chi connectivity index (χ2n) is 9.47. The smallest absolute Gasteiger partial charge is 0.250 e. The lowest BCUT2D eigenvalue weighted by molar-refractivity contribution is -0.127. The van der Waals surface area contributed by atoms with Crippen molar-refractivity contribution in [2.75, 3.05) is 16.9 Å². The Morgan fingerprint density at radius 3 is 2.77 bits per heavy atom. The first-order chi connectivity index (χ1) is 17.1. The van der Waals surface area contributed by atoms with E-state index in [9.17, 15) is 9.59 Å². The second kappa shape index (κ2) is 7.82. The number of halogens is 1. The molecule has 35 heavy (non-hydrogen) atoms. The van der Waals surface area contributed by atoms with Gasteiger partial charge >= 0.3 is 0 Å². The Hall–Kier alpha value is -2.87. The molecule has 4 heterocycles. The fraction of sp³-hybridized carbons (Fsp3) is 0.214. The maximum atomic E-state index is 14.7. The van der Waals surface area contributed by atoms with E-state index in [2.05, 4.69) is 43.3 Å². The third-order valence-corrected chi connectivity index (χ3v) is 9.43. The molecule has 0 unspecified atom stereocenters. The number of thioether (sulfide) groups is 1. The zero-order valence-electron chi connectivity index (χ0n) is 18.7. The first-order valence-electron chi connectivity index (χ1n) is 11.7. The molecule has 0 saturated carbocycles. The fourth-order valence-electron chi connectivity index (χ4n) is 6.56. The minimum atomic E-state index is -1.05. The molecule has 5 nitrogen and oxygen atoms in total. The van der Waals surface area contributed by atoms with Gasteiger partial charge in [0, 0.05) is 62.0 Å². The van der Waals surface area contributed by atoms with E-state index < -0.39 is 11.5 Å². The average molecular weight is 544 g/mol. The first kappa shape index (κ1) is 21.4. The Morgan fingerprint density at radius 2 is 1.89 bits per heavy atom. The molecule has 0 bridgehead atoms. The van der Waals surface area contributed by atoms with Crippen molar-refractivity contribution in [3.05, 3.63) is 100 Å². The number of hydrogen-bond acceptors (Lipinski definition) is 4. The summed E-state index contributed by atoms with van der Waals surface area (Å²) in [4.78, 5) is 34.3. The molecule has 7 rings (SSSR count). The molecule has 7 heteroatoms. The molecule has 1 amide bonds. The Morgan fingerprint density at radius 1 is 1.06 bits per heavy atom. The minimum Gasteiger partial charge on any atom is -0.360 e. The van der Waals surface area contributed by atoms with E-state index in [0.717, 1.165) is 37.9 Å². The van der Waals surface area contributed by atoms with Crippen molar-refractivity contribution >= 4 is 56.0 Å². The molecule has 0 aliphatic carbocycles. The van der Waals surface area contributed by atoms with Gasteiger partial charge in [-0.2, -0.15) is 0 Å². The molecule has 2 saturated heterocycles. The topological polar surface area (TPSA) is 65.2 Å². The Labute approximate surface area is 215 Å². The highest BCUT2D eigenvalue weighted by atomic mass is 79.9. The predicted octanol–water partition coefficient (Wildman–Crippen LogP) is 5.75. The van der Waals surface area contributed by atoms with Crippen LogP contribution in [0.25, 0.3) is 10.9 Å². The van der Waals surface area contributed by atoms with Crippen molar-refractivity contribution < 1.29 is 9.59 Å². The van der Waals surface area contributed by atoms with E-state index in [1.807, 2.05) is 78.6 Å². The van der Waals surface area contributed by atoms with Crippen LogP contribution in [0.5, 0.6) is 0 Å². The van der Waals surface area contributed by atoms with Gasteiger partial charge < -0.3 is 10.3 Å². The number of nitrogens with zero attached hydrogens (tertiary/aromatic N) is 1. The number of ketones is 1. The van der Waals surface area contributed by atoms with Crippen LogP contribution in [0.1, 0.15) is 27.4 Å². The first-order valence-corrected chi connectivity index (χ1v) is 13.7. The maximum absolute atomic E-state index is 14.7. The molecule has 2 N–H and O–H groups in total. The Bertz CT molecular complexity index is 1520. The summed E-state index contributed by atoms with van der Waals surface area (Å²) in [6.45, 7) is 0. The zero-order chi connectivity index (χ0) is 23.7. The second-order valence-corrected chi connectivity index (χ2v) is 11.4. The molecule has 1 spiro atoms. The summed E-state index contributed by atoms with van der Waals surface area (Å²) >= 11 is 5.47. The van der Waals surface area contributed by atoms with Crippen LogP contribution in [0.15, 0.2) is 83.5 Å². The average Bonchev–Trinajstić information content (AvgIpc) is 3.62. The normalized spacial score (nSPS) is 27.3. The van der Waals surface area contributed by atoms with Gasteiger partial charge in [0.25, 0.3) is 0 Å². The lowest BCUT2D eigenvalue weighted by atomic mass is 9.69. The van der Waals surface area contributed by atoms with Crippen molar-refractivity contribution in [3.8, 4) is 0 Å². The number of H-pyrrole nitrogens is 1. The fourth-order valence-corrected chi connectivity index (χ4v) is 8.30. The molecule has 4 atom stereocenters. The van der Waals surface area contributed by atoms with Gasteiger partial charge in [0.05, 0.1) is 5.92 Å². The van der Waals surface area contributed by atoms with Crippen LogP contribution in [0.4, 0.5) is 5.69 Å². The van der Waals surface area contributed by atoms with Gasteiger partial charge in [-0.15, -0.1) is 11.8 Å². The molecule has 3 aliphatic heterocycles. The molecule has 3 aliphatic rings. The molecule has 2 fully saturated rings. The van der Waals surface area contributed by atoms with Crippen molar-refractivity contribution in [3.63, 3.8) is 0 Å². The van der Waals surface area contributed by atoms with Crippen LogP contribution in [-0.4, -0.2) is 39.2 Å². The van der Waals surface area contributed by atoms with E-state index in [4.69, 9.17) is 0 Å². The number of rotatable bonds is 3. The molecule has 174 valence electrons. The number of aromatic nitrogens is 1. The molecule has 4 aromatic rings. The molecule has 0 radical (unpaired) electrons. The number of carbonyl (C=O) groups is 2. The van der Waals surface area contributed by atoms with E-state index in [-0.39, 0.29) is 23.7 Å². The SMILES string of the molecule is O=C(c1c[nH]c2ccccc12)[C@@H]1[C@@H](c2cccc(Br)c2)[C@@H]2CSCN2[C@@]12C(=O)Nc1ccccc12. The minimum absolute atomic E-state index is 0.0127. The highest BCUT2D eigenvalue weighted by Gasteiger charge is 2.69. The number of Topliss-reactive ketones (excluding diaryl/α,β-unsaturated/α-hetero) is 1. The maximum Gasteiger partial charge on any atom is 0.250 e. The number of amides is 1. The summed E-state index contributed by atoms with van der Waals surface area (Å²) in [5.41, 5.74) is 3.33. The van der Waals surface area contributed by atoms with Gasteiger partial charge in [-0.05, 0) is 29.8 Å². The van der Waals surface area contributed by atoms with Crippen LogP contribution >= 0.6 is 27.7 Å². The summed E-state index contributed by atoms with van der Waals surface area (Å²) in [5.74, 6) is 0.826. The highest BCUT2D eigenvalue weighted by Crippen LogP contribution is 2.61. The van der Waals surface area contributed by atoms with E-state index in [1.54, 1.807) is 0 Å². The number of anilines is 1. The van der Waals surface area contributed by atoms with Gasteiger partial charge in [0.2, 0.25) is 5.91 Å². The third kappa shape index (κ3) is 2.86. The lowest BCUT2D eigenvalue weighted by Gasteiger charge is -2.36. The summed E-state index contributed by atoms with van der Waals surface area (Å²) < 4.78 is 0.975. The predicted molar refractivity (Wildman–Crippen MR) is 143 cm³/mol. The van der Waals surface area contributed by atoms with Gasteiger partial charge in [-0.1, -0.05) is 64.5 Å². The van der Waals surface area contributed by atoms with Crippen LogP contribution in [-0.2, 0) is 10.3 Å². The number of para-hydroxylation sites is 2. The Balaban J connectivity index is 1.51. The number of benzene rings is 3. The van der Waals surface area contributed by atoms with Gasteiger partial charge in [0.15, 0.2) is 5.78 Å². The van der Waals surface area contributed by atoms with Crippen molar-refractivity contribution in [1.29, 1.82) is 0 Å². The van der Waals surface area contributed by atoms with E-state index in [0.29, 0.717) is 11.4 Å². The van der Waals surface area contributed by atoms with Crippen LogP contribution in [0.2, 0.25) is 0 Å². The Kier molecular flexibility index (Phi) is 4.78. The summed E-state index contributed by atoms with van der Waals surface area (Å²) in [6, 6.07) is 24.1. The van der Waals surface area contributed by atoms with Crippen LogP contribution < -0.4 is 5.32 Å². The standard InChI is InChI=1S/C28H22BrN3O2S/c29-17-7-5-6-16(12-17)24-23-14-35-15-32(23)28(20-9-2-4-11-22(20)31-27(28)34)25(24)26(33)19-13-30-21-10-3-1-8-18(19)21/h1-13,23-25,30H,14-15H2,(H,31,34)/t23-,24-,25-,28+/m0/s1. The quantitative estimate of drug-likeness (QED) is 0.323. The van der Waals surface area contributed by atoms with Gasteiger partial charge in [-0.3, -0.25) is 14.5 Å². The monoisotopic (exact) mass is 543 g/mol. The van der Waals surface area contributed by atoms with Crippen molar-refractivity contribution in [2.45, 2.75) is 17.5 Å². The molecular formula is C28H22BrN3O2S. The van der Waals surface area contributed by atoms with Gasteiger partial charge in [0.1, 0.15) is 5.54 Å².